The summed E-state index contributed by atoms with van der Waals surface area (Å²) in [7, 11) is 1.54. The molecule has 0 saturated carbocycles. The van der Waals surface area contributed by atoms with Crippen molar-refractivity contribution in [3.63, 3.8) is 0 Å². The molecule has 0 aliphatic heterocycles. The Morgan fingerprint density at radius 2 is 2.16 bits per heavy atom. The highest BCUT2D eigenvalue weighted by Gasteiger charge is 2.21. The molecule has 1 atom stereocenters. The summed E-state index contributed by atoms with van der Waals surface area (Å²) < 4.78 is 7.31. The number of allylic oxidation sites excluding steroid dienone is 2. The van der Waals surface area contributed by atoms with E-state index in [9.17, 15) is 9.59 Å². The van der Waals surface area contributed by atoms with Gasteiger partial charge in [-0.15, -0.1) is 0 Å². The van der Waals surface area contributed by atoms with Gasteiger partial charge in [-0.05, 0) is 32.3 Å². The van der Waals surface area contributed by atoms with Crippen molar-refractivity contribution in [1.82, 2.24) is 14.4 Å². The van der Waals surface area contributed by atoms with E-state index < -0.39 is 0 Å². The Bertz CT molecular complexity index is 1070. The van der Waals surface area contributed by atoms with Crippen molar-refractivity contribution in [2.24, 2.45) is 0 Å². The van der Waals surface area contributed by atoms with Gasteiger partial charge < -0.3 is 9.72 Å². The minimum atomic E-state index is -0.211. The number of hydrogen-bond donors (Lipinski definition) is 1. The first kappa shape index (κ1) is 15.6. The van der Waals surface area contributed by atoms with E-state index in [4.69, 9.17) is 4.74 Å². The largest absolute Gasteiger partial charge is 0.496 e. The number of aromatic amines is 1. The van der Waals surface area contributed by atoms with E-state index in [1.807, 2.05) is 4.40 Å². The van der Waals surface area contributed by atoms with Crippen molar-refractivity contribution in [3.05, 3.63) is 52.2 Å². The van der Waals surface area contributed by atoms with Gasteiger partial charge in [0.2, 0.25) is 0 Å². The first-order chi connectivity index (χ1) is 12.1. The summed E-state index contributed by atoms with van der Waals surface area (Å²) in [6.45, 7) is 1.48. The van der Waals surface area contributed by atoms with E-state index >= 15 is 0 Å². The lowest BCUT2D eigenvalue weighted by atomic mass is 9.93. The second kappa shape index (κ2) is 5.88. The second-order valence-electron chi connectivity index (χ2n) is 6.40. The van der Waals surface area contributed by atoms with E-state index in [0.717, 1.165) is 30.6 Å². The fraction of sp³-hybridized carbons (Fsp3) is 0.316. The number of ketones is 1. The van der Waals surface area contributed by atoms with Crippen molar-refractivity contribution in [1.29, 1.82) is 0 Å². The van der Waals surface area contributed by atoms with Gasteiger partial charge in [-0.3, -0.25) is 14.0 Å². The fourth-order valence-corrected chi connectivity index (χ4v) is 3.58. The maximum absolute atomic E-state index is 12.5. The van der Waals surface area contributed by atoms with E-state index in [1.54, 1.807) is 18.3 Å². The quantitative estimate of drug-likeness (QED) is 0.588. The number of imidazole rings is 1. The summed E-state index contributed by atoms with van der Waals surface area (Å²) in [4.78, 5) is 31.8. The Morgan fingerprint density at radius 1 is 1.32 bits per heavy atom. The zero-order chi connectivity index (χ0) is 17.6. The van der Waals surface area contributed by atoms with E-state index in [1.165, 1.54) is 14.0 Å². The maximum Gasteiger partial charge on any atom is 0.274 e. The van der Waals surface area contributed by atoms with Crippen LogP contribution in [0.3, 0.4) is 0 Å². The molecule has 1 aliphatic rings. The van der Waals surface area contributed by atoms with Crippen LogP contribution in [0.25, 0.3) is 16.6 Å². The molecule has 6 heteroatoms. The number of fused-ring (bicyclic) bond motifs is 3. The standard InChI is InChI=1S/C19H19N3O3/c1-11(23)13-8-14-15(9-17(13)25-2)22-16(19(24)21-14)10-20-18(22)12-6-4-3-5-7-12/h3-4,8-10,12H,5-7H2,1-2H3,(H,21,24). The molecule has 0 saturated heterocycles. The third-order valence-electron chi connectivity index (χ3n) is 4.84. The lowest BCUT2D eigenvalue weighted by Crippen LogP contribution is -2.14. The first-order valence-electron chi connectivity index (χ1n) is 8.37. The normalized spacial score (nSPS) is 17.3. The molecule has 2 heterocycles. The van der Waals surface area contributed by atoms with Crippen LogP contribution in [0.1, 0.15) is 48.3 Å². The number of carbonyl (C=O) groups excluding carboxylic acids is 1. The number of nitrogens with one attached hydrogen (secondary N) is 1. The molecule has 1 unspecified atom stereocenters. The van der Waals surface area contributed by atoms with Gasteiger partial charge >= 0.3 is 0 Å². The number of ether oxygens (including phenoxy) is 1. The van der Waals surface area contributed by atoms with Gasteiger partial charge in [0.15, 0.2) is 5.78 Å². The number of aromatic nitrogens is 3. The summed E-state index contributed by atoms with van der Waals surface area (Å²) >= 11 is 0. The van der Waals surface area contributed by atoms with Crippen molar-refractivity contribution in [2.45, 2.75) is 32.1 Å². The Balaban J connectivity index is 2.07. The topological polar surface area (TPSA) is 76.5 Å². The molecule has 1 N–H and O–H groups in total. The molecule has 0 radical (unpaired) electrons. The smallest absolute Gasteiger partial charge is 0.274 e. The Kier molecular flexibility index (Phi) is 3.67. The number of rotatable bonds is 3. The minimum absolute atomic E-state index is 0.108. The first-order valence-corrected chi connectivity index (χ1v) is 8.37. The van der Waals surface area contributed by atoms with Crippen molar-refractivity contribution >= 4 is 22.3 Å². The summed E-state index contributed by atoms with van der Waals surface area (Å²) in [5.74, 6) is 1.54. The predicted octanol–water partition coefficient (Wildman–Crippen LogP) is 3.21. The molecule has 6 nitrogen and oxygen atoms in total. The zero-order valence-electron chi connectivity index (χ0n) is 14.2. The fourth-order valence-electron chi connectivity index (χ4n) is 3.58. The summed E-state index contributed by atoms with van der Waals surface area (Å²) in [6.07, 6.45) is 8.90. The molecule has 0 bridgehead atoms. The molecule has 0 spiro atoms. The third kappa shape index (κ3) is 2.45. The monoisotopic (exact) mass is 337 g/mol. The molecular weight excluding hydrogens is 318 g/mol. The molecule has 25 heavy (non-hydrogen) atoms. The lowest BCUT2D eigenvalue weighted by Gasteiger charge is -2.18. The number of Topliss-reactive ketones (excluding diaryl/α,β-unsaturated/α-hetero) is 1. The van der Waals surface area contributed by atoms with Crippen molar-refractivity contribution in [3.8, 4) is 5.75 Å². The van der Waals surface area contributed by atoms with Crippen LogP contribution in [0.15, 0.2) is 35.3 Å². The highest BCUT2D eigenvalue weighted by molar-refractivity contribution is 6.00. The predicted molar refractivity (Wildman–Crippen MR) is 95.6 cm³/mol. The summed E-state index contributed by atoms with van der Waals surface area (Å²) in [5, 5.41) is 0. The number of benzene rings is 1. The number of methoxy groups -OCH3 is 1. The average molecular weight is 337 g/mol. The highest BCUT2D eigenvalue weighted by Crippen LogP contribution is 2.31. The van der Waals surface area contributed by atoms with Gasteiger partial charge in [-0.1, -0.05) is 12.2 Å². The van der Waals surface area contributed by atoms with Crippen LogP contribution < -0.4 is 10.3 Å². The maximum atomic E-state index is 12.5. The van der Waals surface area contributed by atoms with Crippen molar-refractivity contribution in [2.75, 3.05) is 7.11 Å². The van der Waals surface area contributed by atoms with E-state index in [0.29, 0.717) is 22.3 Å². The van der Waals surface area contributed by atoms with E-state index in [2.05, 4.69) is 22.1 Å². The van der Waals surface area contributed by atoms with Crippen LogP contribution in [-0.4, -0.2) is 27.3 Å². The molecule has 0 fully saturated rings. The molecule has 2 aromatic heterocycles. The molecule has 1 aliphatic carbocycles. The summed E-state index contributed by atoms with van der Waals surface area (Å²) in [6, 6.07) is 3.49. The van der Waals surface area contributed by atoms with Gasteiger partial charge in [0.25, 0.3) is 5.56 Å². The van der Waals surface area contributed by atoms with Crippen LogP contribution in [0, 0.1) is 0 Å². The number of H-pyrrole nitrogens is 1. The average Bonchev–Trinajstić information content (AvgIpc) is 3.07. The Labute approximate surface area is 144 Å². The van der Waals surface area contributed by atoms with Crippen LogP contribution in [0.4, 0.5) is 0 Å². The molecule has 4 rings (SSSR count). The molecular formula is C19H19N3O3. The minimum Gasteiger partial charge on any atom is -0.496 e. The molecule has 0 amide bonds. The lowest BCUT2D eigenvalue weighted by molar-refractivity contribution is 0.101. The van der Waals surface area contributed by atoms with Crippen LogP contribution in [0.2, 0.25) is 0 Å². The van der Waals surface area contributed by atoms with Gasteiger partial charge in [0.05, 0.1) is 29.9 Å². The van der Waals surface area contributed by atoms with Crippen LogP contribution in [-0.2, 0) is 0 Å². The van der Waals surface area contributed by atoms with E-state index in [-0.39, 0.29) is 17.3 Å². The third-order valence-corrected chi connectivity index (χ3v) is 4.84. The molecule has 3 aromatic rings. The Morgan fingerprint density at radius 3 is 2.84 bits per heavy atom. The van der Waals surface area contributed by atoms with Gasteiger partial charge in [0.1, 0.15) is 17.1 Å². The number of carbonyl (C=O) groups is 1. The van der Waals surface area contributed by atoms with Crippen LogP contribution >= 0.6 is 0 Å². The molecule has 128 valence electrons. The number of hydrogen-bond acceptors (Lipinski definition) is 4. The SMILES string of the molecule is COc1cc2c(cc1C(C)=O)[nH]c(=O)c1cnc(C3CC=CCC3)n12. The van der Waals surface area contributed by atoms with Gasteiger partial charge in [0, 0.05) is 12.0 Å². The number of nitrogens with zero attached hydrogens (tertiary/aromatic N) is 2. The molecule has 1 aromatic carbocycles. The second-order valence-corrected chi connectivity index (χ2v) is 6.40. The zero-order valence-corrected chi connectivity index (χ0v) is 14.2. The summed E-state index contributed by atoms with van der Waals surface area (Å²) in [5.41, 5.74) is 2.15. The van der Waals surface area contributed by atoms with Gasteiger partial charge in [-0.25, -0.2) is 4.98 Å². The highest BCUT2D eigenvalue weighted by atomic mass is 16.5. The van der Waals surface area contributed by atoms with Crippen molar-refractivity contribution < 1.29 is 9.53 Å². The van der Waals surface area contributed by atoms with Gasteiger partial charge in [-0.2, -0.15) is 0 Å². The Hall–Kier alpha value is -2.89. The van der Waals surface area contributed by atoms with Crippen LogP contribution in [0.5, 0.6) is 5.75 Å².